The fraction of sp³-hybridized carbons (Fsp3) is 0.250. The smallest absolute Gasteiger partial charge is 0.0781 e. The molecule has 0 aliphatic rings. The van der Waals surface area contributed by atoms with E-state index in [0.29, 0.717) is 15.1 Å². The van der Waals surface area contributed by atoms with Gasteiger partial charge in [-0.15, -0.1) is 12.4 Å². The van der Waals surface area contributed by atoms with E-state index >= 15 is 0 Å². The van der Waals surface area contributed by atoms with E-state index < -0.39 is 0 Å². The Balaban J connectivity index is 0.00000144. The number of rotatable bonds is 1. The van der Waals surface area contributed by atoms with Crippen LogP contribution in [0, 0.1) is 0 Å². The number of halogens is 4. The van der Waals surface area contributed by atoms with E-state index in [0.717, 1.165) is 5.56 Å². The Hall–Kier alpha value is 0.340. The Labute approximate surface area is 98.6 Å². The summed E-state index contributed by atoms with van der Waals surface area (Å²) in [7, 11) is 0. The Morgan fingerprint density at radius 2 is 1.69 bits per heavy atom. The van der Waals surface area contributed by atoms with Gasteiger partial charge in [-0.2, -0.15) is 0 Å². The van der Waals surface area contributed by atoms with Gasteiger partial charge in [0.15, 0.2) is 0 Å². The number of nitrogens with two attached hydrogens (primary N) is 1. The molecule has 0 saturated heterocycles. The quantitative estimate of drug-likeness (QED) is 0.757. The van der Waals surface area contributed by atoms with Gasteiger partial charge < -0.3 is 5.73 Å². The molecule has 0 amide bonds. The minimum atomic E-state index is -0.132. The predicted octanol–water partition coefficient (Wildman–Crippen LogP) is 4.09. The average Bonchev–Trinajstić information content (AvgIpc) is 2.00. The Morgan fingerprint density at radius 1 is 1.15 bits per heavy atom. The van der Waals surface area contributed by atoms with Crippen molar-refractivity contribution < 1.29 is 0 Å². The monoisotopic (exact) mass is 259 g/mol. The topological polar surface area (TPSA) is 26.0 Å². The number of benzene rings is 1. The molecule has 1 atom stereocenters. The first-order valence-corrected chi connectivity index (χ1v) is 4.56. The second-order valence-corrected chi connectivity index (χ2v) is 3.72. The molecule has 0 heterocycles. The fourth-order valence-corrected chi connectivity index (χ4v) is 1.61. The van der Waals surface area contributed by atoms with Crippen LogP contribution in [0.1, 0.15) is 18.5 Å². The molecular formula is C8H9Cl4N. The van der Waals surface area contributed by atoms with Crippen molar-refractivity contribution in [3.63, 3.8) is 0 Å². The third-order valence-electron chi connectivity index (χ3n) is 1.56. The van der Waals surface area contributed by atoms with Gasteiger partial charge in [0.25, 0.3) is 0 Å². The Bertz CT molecular complexity index is 298. The van der Waals surface area contributed by atoms with Crippen LogP contribution >= 0.6 is 47.2 Å². The minimum absolute atomic E-state index is 0. The van der Waals surface area contributed by atoms with Crippen molar-refractivity contribution in [2.75, 3.05) is 0 Å². The lowest BCUT2D eigenvalue weighted by molar-refractivity contribution is 0.818. The second-order valence-electron chi connectivity index (χ2n) is 2.55. The van der Waals surface area contributed by atoms with E-state index in [4.69, 9.17) is 40.5 Å². The van der Waals surface area contributed by atoms with Crippen molar-refractivity contribution in [3.05, 3.63) is 32.8 Å². The predicted molar refractivity (Wildman–Crippen MR) is 61.3 cm³/mol. The van der Waals surface area contributed by atoms with Gasteiger partial charge in [-0.05, 0) is 18.6 Å². The van der Waals surface area contributed by atoms with Crippen molar-refractivity contribution in [2.45, 2.75) is 13.0 Å². The highest BCUT2D eigenvalue weighted by atomic mass is 35.5. The molecule has 0 spiro atoms. The molecule has 1 aromatic carbocycles. The maximum Gasteiger partial charge on any atom is 0.0781 e. The first-order valence-electron chi connectivity index (χ1n) is 3.43. The van der Waals surface area contributed by atoms with Crippen LogP contribution in [0.25, 0.3) is 0 Å². The summed E-state index contributed by atoms with van der Waals surface area (Å²) in [5.74, 6) is 0. The normalized spacial score (nSPS) is 12.1. The largest absolute Gasteiger partial charge is 0.324 e. The highest BCUT2D eigenvalue weighted by Crippen LogP contribution is 2.34. The van der Waals surface area contributed by atoms with Gasteiger partial charge in [0.2, 0.25) is 0 Å². The summed E-state index contributed by atoms with van der Waals surface area (Å²) in [5.41, 5.74) is 6.46. The SMILES string of the molecule is C[C@@H](N)c1ccc(Cl)c(Cl)c1Cl.Cl. The lowest BCUT2D eigenvalue weighted by Gasteiger charge is -2.09. The van der Waals surface area contributed by atoms with Crippen molar-refractivity contribution in [1.29, 1.82) is 0 Å². The third kappa shape index (κ3) is 2.90. The van der Waals surface area contributed by atoms with Crippen LogP contribution in [0.3, 0.4) is 0 Å². The van der Waals surface area contributed by atoms with Gasteiger partial charge in [-0.1, -0.05) is 40.9 Å². The summed E-state index contributed by atoms with van der Waals surface area (Å²) in [5, 5.41) is 1.26. The fourth-order valence-electron chi connectivity index (χ4n) is 0.893. The molecule has 5 heteroatoms. The van der Waals surface area contributed by atoms with Gasteiger partial charge in [0.05, 0.1) is 15.1 Å². The van der Waals surface area contributed by atoms with E-state index in [9.17, 15) is 0 Å². The summed E-state index contributed by atoms with van der Waals surface area (Å²) in [6.45, 7) is 1.84. The molecule has 1 rings (SSSR count). The van der Waals surface area contributed by atoms with E-state index in [-0.39, 0.29) is 18.4 Å². The van der Waals surface area contributed by atoms with Gasteiger partial charge in [-0.25, -0.2) is 0 Å². The van der Waals surface area contributed by atoms with Gasteiger partial charge in [0.1, 0.15) is 0 Å². The van der Waals surface area contributed by atoms with Crippen molar-refractivity contribution >= 4 is 47.2 Å². The maximum absolute atomic E-state index is 5.90. The molecule has 0 aliphatic heterocycles. The molecule has 0 aliphatic carbocycles. The first-order chi connectivity index (χ1) is 5.54. The standard InChI is InChI=1S/C8H8Cl3N.ClH/c1-4(12)5-2-3-6(9)8(11)7(5)10;/h2-4H,12H2,1H3;1H/t4-;/m1./s1. The van der Waals surface area contributed by atoms with Crippen molar-refractivity contribution in [3.8, 4) is 0 Å². The molecule has 0 radical (unpaired) electrons. The van der Waals surface area contributed by atoms with Crippen molar-refractivity contribution in [1.82, 2.24) is 0 Å². The Kier molecular flexibility index (Phi) is 5.42. The second kappa shape index (κ2) is 5.28. The van der Waals surface area contributed by atoms with Crippen LogP contribution in [-0.2, 0) is 0 Å². The summed E-state index contributed by atoms with van der Waals surface area (Å²) in [4.78, 5) is 0. The summed E-state index contributed by atoms with van der Waals surface area (Å²) >= 11 is 17.4. The van der Waals surface area contributed by atoms with Crippen LogP contribution in [-0.4, -0.2) is 0 Å². The molecule has 0 aromatic heterocycles. The molecule has 1 aromatic rings. The highest BCUT2D eigenvalue weighted by Gasteiger charge is 2.10. The van der Waals surface area contributed by atoms with Gasteiger partial charge in [-0.3, -0.25) is 0 Å². The molecule has 74 valence electrons. The van der Waals surface area contributed by atoms with E-state index in [1.54, 1.807) is 12.1 Å². The zero-order valence-electron chi connectivity index (χ0n) is 6.85. The van der Waals surface area contributed by atoms with Gasteiger partial charge in [0, 0.05) is 6.04 Å². The van der Waals surface area contributed by atoms with Crippen LogP contribution in [0.5, 0.6) is 0 Å². The first kappa shape index (κ1) is 13.3. The Morgan fingerprint density at radius 3 is 2.15 bits per heavy atom. The molecule has 0 saturated carbocycles. The highest BCUT2D eigenvalue weighted by molar-refractivity contribution is 6.48. The molecule has 0 bridgehead atoms. The lowest BCUT2D eigenvalue weighted by Crippen LogP contribution is -2.05. The van der Waals surface area contributed by atoms with Gasteiger partial charge >= 0.3 is 0 Å². The minimum Gasteiger partial charge on any atom is -0.324 e. The summed E-state index contributed by atoms with van der Waals surface area (Å²) < 4.78 is 0. The molecule has 1 nitrogen and oxygen atoms in total. The summed E-state index contributed by atoms with van der Waals surface area (Å²) in [6, 6.07) is 3.34. The average molecular weight is 261 g/mol. The van der Waals surface area contributed by atoms with Crippen LogP contribution in [0.4, 0.5) is 0 Å². The zero-order valence-corrected chi connectivity index (χ0v) is 9.94. The third-order valence-corrected chi connectivity index (χ3v) is 2.86. The molecule has 2 N–H and O–H groups in total. The van der Waals surface area contributed by atoms with E-state index in [1.165, 1.54) is 0 Å². The van der Waals surface area contributed by atoms with Crippen LogP contribution in [0.15, 0.2) is 12.1 Å². The molecule has 0 unspecified atom stereocenters. The van der Waals surface area contributed by atoms with Crippen LogP contribution < -0.4 is 5.73 Å². The number of hydrogen-bond donors (Lipinski definition) is 1. The molecule has 0 fully saturated rings. The zero-order chi connectivity index (χ0) is 9.30. The van der Waals surface area contributed by atoms with E-state index in [2.05, 4.69) is 0 Å². The lowest BCUT2D eigenvalue weighted by atomic mass is 10.1. The molecule has 13 heavy (non-hydrogen) atoms. The van der Waals surface area contributed by atoms with Crippen molar-refractivity contribution in [2.24, 2.45) is 5.73 Å². The van der Waals surface area contributed by atoms with E-state index in [1.807, 2.05) is 6.92 Å². The van der Waals surface area contributed by atoms with Crippen LogP contribution in [0.2, 0.25) is 15.1 Å². The molecular weight excluding hydrogens is 252 g/mol. The summed E-state index contributed by atoms with van der Waals surface area (Å²) in [6.07, 6.45) is 0. The number of hydrogen-bond acceptors (Lipinski definition) is 1. The maximum atomic E-state index is 5.90.